The number of imidazole rings is 1. The molecule has 1 heterocycles. The van der Waals surface area contributed by atoms with Gasteiger partial charge in [-0.05, 0) is 23.6 Å². The molecule has 0 aliphatic carbocycles. The molecule has 2 rings (SSSR count). The molecule has 0 amide bonds. The molecular weight excluding hydrogens is 267 g/mol. The molecule has 0 saturated heterocycles. The summed E-state index contributed by atoms with van der Waals surface area (Å²) in [6.45, 7) is 7.56. The molecule has 2 nitrogen and oxygen atoms in total. The molecule has 0 aliphatic rings. The molecule has 1 aromatic carbocycles. The van der Waals surface area contributed by atoms with Crippen molar-refractivity contribution < 1.29 is 0 Å². The van der Waals surface area contributed by atoms with Gasteiger partial charge in [0.25, 0.3) is 0 Å². The second kappa shape index (κ2) is 5.10. The third-order valence-electron chi connectivity index (χ3n) is 2.74. The Morgan fingerprint density at radius 3 is 2.61 bits per heavy atom. The monoisotopic (exact) mass is 284 g/mol. The number of fused-ring (bicyclic) bond motifs is 1. The average molecular weight is 285 g/mol. The van der Waals surface area contributed by atoms with Crippen LogP contribution in [0.5, 0.6) is 0 Å². The molecule has 0 bridgehead atoms. The third-order valence-corrected chi connectivity index (χ3v) is 3.16. The average Bonchev–Trinajstić information content (AvgIpc) is 2.56. The van der Waals surface area contributed by atoms with Crippen molar-refractivity contribution in [2.24, 2.45) is 5.41 Å². The largest absolute Gasteiger partial charge is 0.327 e. The first-order chi connectivity index (χ1) is 8.40. The van der Waals surface area contributed by atoms with E-state index in [0.717, 1.165) is 34.8 Å². The lowest BCUT2D eigenvalue weighted by atomic mass is 9.96. The minimum Gasteiger partial charge on any atom is -0.327 e. The van der Waals surface area contributed by atoms with Gasteiger partial charge in [-0.3, -0.25) is 0 Å². The van der Waals surface area contributed by atoms with Crippen LogP contribution in [-0.4, -0.2) is 15.4 Å². The second-order valence-electron chi connectivity index (χ2n) is 5.75. The van der Waals surface area contributed by atoms with E-state index in [1.165, 1.54) is 0 Å². The summed E-state index contributed by atoms with van der Waals surface area (Å²) < 4.78 is 2.24. The number of aromatic nitrogens is 2. The van der Waals surface area contributed by atoms with Crippen molar-refractivity contribution in [2.75, 3.05) is 5.88 Å². The highest BCUT2D eigenvalue weighted by Crippen LogP contribution is 2.25. The summed E-state index contributed by atoms with van der Waals surface area (Å²) in [5.41, 5.74) is 2.28. The molecule has 0 spiro atoms. The molecule has 0 aliphatic heterocycles. The Bertz CT molecular complexity index is 553. The summed E-state index contributed by atoms with van der Waals surface area (Å²) in [5.74, 6) is 1.62. The first kappa shape index (κ1) is 13.7. The Morgan fingerprint density at radius 2 is 2.00 bits per heavy atom. The van der Waals surface area contributed by atoms with Gasteiger partial charge in [-0.25, -0.2) is 4.98 Å². The van der Waals surface area contributed by atoms with Crippen LogP contribution in [0.15, 0.2) is 18.2 Å². The van der Waals surface area contributed by atoms with E-state index in [1.807, 2.05) is 18.2 Å². The summed E-state index contributed by atoms with van der Waals surface area (Å²) in [7, 11) is 0. The normalized spacial score (nSPS) is 12.3. The van der Waals surface area contributed by atoms with Crippen molar-refractivity contribution in [1.82, 2.24) is 9.55 Å². The summed E-state index contributed by atoms with van der Waals surface area (Å²) in [6.07, 6.45) is 0.782. The van der Waals surface area contributed by atoms with E-state index < -0.39 is 0 Å². The molecule has 98 valence electrons. The number of hydrogen-bond acceptors (Lipinski definition) is 1. The van der Waals surface area contributed by atoms with Crippen molar-refractivity contribution in [3.8, 4) is 0 Å². The van der Waals surface area contributed by atoms with Gasteiger partial charge in [0.2, 0.25) is 0 Å². The fraction of sp³-hybridized carbons (Fsp3) is 0.500. The van der Waals surface area contributed by atoms with Gasteiger partial charge < -0.3 is 4.57 Å². The maximum atomic E-state index is 6.08. The predicted octanol–water partition coefficient (Wildman–Crippen LogP) is 4.52. The van der Waals surface area contributed by atoms with Crippen LogP contribution in [-0.2, 0) is 13.0 Å². The van der Waals surface area contributed by atoms with Gasteiger partial charge in [-0.1, -0.05) is 32.4 Å². The van der Waals surface area contributed by atoms with Gasteiger partial charge in [-0.15, -0.1) is 11.6 Å². The van der Waals surface area contributed by atoms with E-state index in [9.17, 15) is 0 Å². The van der Waals surface area contributed by atoms with Crippen LogP contribution < -0.4 is 0 Å². The lowest BCUT2D eigenvalue weighted by Crippen LogP contribution is -2.17. The number of aryl methyl sites for hydroxylation is 1. The van der Waals surface area contributed by atoms with E-state index in [0.29, 0.717) is 5.88 Å². The number of alkyl halides is 1. The second-order valence-corrected chi connectivity index (χ2v) is 6.56. The number of halogens is 2. The fourth-order valence-electron chi connectivity index (χ4n) is 2.07. The molecule has 0 atom stereocenters. The summed E-state index contributed by atoms with van der Waals surface area (Å²) >= 11 is 11.9. The Kier molecular flexibility index (Phi) is 3.88. The molecule has 2 aromatic rings. The minimum absolute atomic E-state index is 0.191. The number of rotatable bonds is 3. The fourth-order valence-corrected chi connectivity index (χ4v) is 2.41. The maximum absolute atomic E-state index is 6.08. The van der Waals surface area contributed by atoms with Crippen LogP contribution in [0.3, 0.4) is 0 Å². The SMILES string of the molecule is CC(C)(C)Cn1c(CCCl)nc2ccc(Cl)cc21. The molecule has 18 heavy (non-hydrogen) atoms. The van der Waals surface area contributed by atoms with Crippen LogP contribution in [0.2, 0.25) is 5.02 Å². The number of hydrogen-bond donors (Lipinski definition) is 0. The van der Waals surface area contributed by atoms with E-state index in [2.05, 4.69) is 30.3 Å². The summed E-state index contributed by atoms with van der Waals surface area (Å²) in [4.78, 5) is 4.65. The maximum Gasteiger partial charge on any atom is 0.111 e. The first-order valence-corrected chi connectivity index (χ1v) is 7.02. The zero-order chi connectivity index (χ0) is 13.3. The van der Waals surface area contributed by atoms with Crippen LogP contribution in [0.4, 0.5) is 0 Å². The van der Waals surface area contributed by atoms with E-state index in [1.54, 1.807) is 0 Å². The zero-order valence-corrected chi connectivity index (χ0v) is 12.5. The van der Waals surface area contributed by atoms with Crippen molar-refractivity contribution in [3.63, 3.8) is 0 Å². The molecule has 0 radical (unpaired) electrons. The number of benzene rings is 1. The standard InChI is InChI=1S/C14H18Cl2N2/c1-14(2,3)9-18-12-8-10(16)4-5-11(12)17-13(18)6-7-15/h4-5,8H,6-7,9H2,1-3H3. The molecule has 0 N–H and O–H groups in total. The molecule has 4 heteroatoms. The van der Waals surface area contributed by atoms with E-state index in [4.69, 9.17) is 23.2 Å². The molecule has 0 saturated carbocycles. The van der Waals surface area contributed by atoms with Gasteiger partial charge in [-0.2, -0.15) is 0 Å². The molecule has 1 aromatic heterocycles. The molecule has 0 unspecified atom stereocenters. The first-order valence-electron chi connectivity index (χ1n) is 6.11. The quantitative estimate of drug-likeness (QED) is 0.758. The minimum atomic E-state index is 0.191. The van der Waals surface area contributed by atoms with Crippen LogP contribution in [0, 0.1) is 5.41 Å². The van der Waals surface area contributed by atoms with Crippen LogP contribution >= 0.6 is 23.2 Å². The molecule has 0 fully saturated rings. The Morgan fingerprint density at radius 1 is 1.28 bits per heavy atom. The topological polar surface area (TPSA) is 17.8 Å². The van der Waals surface area contributed by atoms with Crippen molar-refractivity contribution in [1.29, 1.82) is 0 Å². The van der Waals surface area contributed by atoms with Gasteiger partial charge in [0, 0.05) is 23.9 Å². The Balaban J connectivity index is 2.57. The highest BCUT2D eigenvalue weighted by molar-refractivity contribution is 6.31. The van der Waals surface area contributed by atoms with E-state index >= 15 is 0 Å². The lowest BCUT2D eigenvalue weighted by molar-refractivity contribution is 0.343. The zero-order valence-electron chi connectivity index (χ0n) is 11.0. The summed E-state index contributed by atoms with van der Waals surface area (Å²) in [6, 6.07) is 5.82. The summed E-state index contributed by atoms with van der Waals surface area (Å²) in [5, 5.41) is 0.745. The van der Waals surface area contributed by atoms with Gasteiger partial charge in [0.1, 0.15) is 5.82 Å². The van der Waals surface area contributed by atoms with Crippen LogP contribution in [0.25, 0.3) is 11.0 Å². The smallest absolute Gasteiger partial charge is 0.111 e. The van der Waals surface area contributed by atoms with Crippen molar-refractivity contribution >= 4 is 34.2 Å². The Labute approximate surface area is 118 Å². The molecular formula is C14H18Cl2N2. The Hall–Kier alpha value is -0.730. The highest BCUT2D eigenvalue weighted by Gasteiger charge is 2.17. The highest BCUT2D eigenvalue weighted by atomic mass is 35.5. The number of nitrogens with zero attached hydrogens (tertiary/aromatic N) is 2. The van der Waals surface area contributed by atoms with E-state index in [-0.39, 0.29) is 5.41 Å². The van der Waals surface area contributed by atoms with Gasteiger partial charge >= 0.3 is 0 Å². The van der Waals surface area contributed by atoms with Gasteiger partial charge in [0.15, 0.2) is 0 Å². The van der Waals surface area contributed by atoms with Crippen molar-refractivity contribution in [3.05, 3.63) is 29.0 Å². The predicted molar refractivity (Wildman–Crippen MR) is 78.6 cm³/mol. The van der Waals surface area contributed by atoms with Crippen molar-refractivity contribution in [2.45, 2.75) is 33.7 Å². The third kappa shape index (κ3) is 2.99. The van der Waals surface area contributed by atoms with Gasteiger partial charge in [0.05, 0.1) is 11.0 Å². The van der Waals surface area contributed by atoms with Crippen LogP contribution in [0.1, 0.15) is 26.6 Å². The lowest BCUT2D eigenvalue weighted by Gasteiger charge is -2.21.